The first-order valence-electron chi connectivity index (χ1n) is 1.91. The first-order valence-corrected chi connectivity index (χ1v) is 2.69. The number of hydrogen-bond acceptors (Lipinski definition) is 3. The molecule has 0 spiro atoms. The molecule has 3 heteroatoms. The molecule has 1 radical (unpaired) electrons. The van der Waals surface area contributed by atoms with Crippen molar-refractivity contribution in [3.63, 3.8) is 0 Å². The maximum Gasteiger partial charge on any atom is 0.0756 e. The highest BCUT2D eigenvalue weighted by molar-refractivity contribution is 7.05. The Morgan fingerprint density at radius 3 is 2.57 bits per heavy atom. The first-order chi connectivity index (χ1) is 3.30. The molecule has 2 nitrogen and oxygen atoms in total. The van der Waals surface area contributed by atoms with Crippen LogP contribution in [0.3, 0.4) is 0 Å². The third-order valence-electron chi connectivity index (χ3n) is 0.745. The molecule has 37 valence electrons. The molecule has 0 fully saturated rings. The van der Waals surface area contributed by atoms with Crippen molar-refractivity contribution in [1.29, 1.82) is 0 Å². The second-order valence-electron chi connectivity index (χ2n) is 1.28. The molecule has 0 saturated carbocycles. The molecule has 0 aliphatic heterocycles. The molecule has 0 bridgehead atoms. The van der Waals surface area contributed by atoms with Crippen molar-refractivity contribution in [1.82, 2.24) is 9.59 Å². The van der Waals surface area contributed by atoms with E-state index in [2.05, 4.69) is 16.5 Å². The van der Waals surface area contributed by atoms with Gasteiger partial charge in [0.25, 0.3) is 0 Å². The van der Waals surface area contributed by atoms with E-state index in [1.165, 1.54) is 11.5 Å². The molecule has 0 atom stereocenters. The van der Waals surface area contributed by atoms with Crippen LogP contribution >= 0.6 is 11.5 Å². The molecule has 1 heterocycles. The molecule has 0 aliphatic carbocycles. The summed E-state index contributed by atoms with van der Waals surface area (Å²) in [6.45, 7) is 5.57. The van der Waals surface area contributed by atoms with Gasteiger partial charge >= 0.3 is 0 Å². The highest BCUT2D eigenvalue weighted by atomic mass is 32.1. The standard InChI is InChI=1S/C4H5N2S/c1-3-4(2)7-6-5-3/h2H2,1H3. The van der Waals surface area contributed by atoms with Gasteiger partial charge in [-0.05, 0) is 25.4 Å². The maximum absolute atomic E-state index is 3.72. The third kappa shape index (κ3) is 0.771. The van der Waals surface area contributed by atoms with Gasteiger partial charge in [-0.1, -0.05) is 4.49 Å². The van der Waals surface area contributed by atoms with E-state index >= 15 is 0 Å². The summed E-state index contributed by atoms with van der Waals surface area (Å²) < 4.78 is 3.65. The molecule has 0 unspecified atom stereocenters. The smallest absolute Gasteiger partial charge is 0.0756 e. The Kier molecular flexibility index (Phi) is 1.06. The second-order valence-corrected chi connectivity index (χ2v) is 2.12. The van der Waals surface area contributed by atoms with Crippen LogP contribution < -0.4 is 0 Å². The van der Waals surface area contributed by atoms with Gasteiger partial charge in [-0.15, -0.1) is 5.10 Å². The Labute approximate surface area is 46.4 Å². The summed E-state index contributed by atoms with van der Waals surface area (Å²) in [5.74, 6) is 0. The fraction of sp³-hybridized carbons (Fsp3) is 0.250. The summed E-state index contributed by atoms with van der Waals surface area (Å²) >= 11 is 1.33. The lowest BCUT2D eigenvalue weighted by molar-refractivity contribution is 1.08. The van der Waals surface area contributed by atoms with E-state index in [9.17, 15) is 0 Å². The van der Waals surface area contributed by atoms with E-state index in [0.29, 0.717) is 0 Å². The summed E-state index contributed by atoms with van der Waals surface area (Å²) in [5.41, 5.74) is 0.935. The second kappa shape index (κ2) is 1.58. The summed E-state index contributed by atoms with van der Waals surface area (Å²) in [4.78, 5) is 0.958. The van der Waals surface area contributed by atoms with Crippen LogP contribution in [0.25, 0.3) is 0 Å². The quantitative estimate of drug-likeness (QED) is 0.502. The third-order valence-corrected chi connectivity index (χ3v) is 1.42. The summed E-state index contributed by atoms with van der Waals surface area (Å²) in [7, 11) is 0. The van der Waals surface area contributed by atoms with E-state index in [1.54, 1.807) is 0 Å². The van der Waals surface area contributed by atoms with Crippen LogP contribution in [0.4, 0.5) is 0 Å². The Balaban J connectivity index is 3.12. The number of nitrogens with zero attached hydrogens (tertiary/aromatic N) is 2. The minimum absolute atomic E-state index is 0.935. The van der Waals surface area contributed by atoms with Gasteiger partial charge in [0.15, 0.2) is 0 Å². The normalized spacial score (nSPS) is 9.43. The molecular formula is C4H5N2S. The van der Waals surface area contributed by atoms with Crippen LogP contribution in [-0.2, 0) is 0 Å². The van der Waals surface area contributed by atoms with Crippen LogP contribution in [0.2, 0.25) is 0 Å². The number of rotatable bonds is 0. The largest absolute Gasteiger partial charge is 0.143 e. The van der Waals surface area contributed by atoms with Gasteiger partial charge in [0, 0.05) is 4.88 Å². The van der Waals surface area contributed by atoms with Gasteiger partial charge < -0.3 is 0 Å². The zero-order valence-electron chi connectivity index (χ0n) is 4.01. The van der Waals surface area contributed by atoms with E-state index in [0.717, 1.165) is 10.6 Å². The lowest BCUT2D eigenvalue weighted by atomic mass is 10.4. The van der Waals surface area contributed by atoms with Gasteiger partial charge in [-0.2, -0.15) is 0 Å². The Morgan fingerprint density at radius 1 is 1.71 bits per heavy atom. The van der Waals surface area contributed by atoms with E-state index in [1.807, 2.05) is 6.92 Å². The predicted molar refractivity (Wildman–Crippen MR) is 29.1 cm³/mol. The average molecular weight is 113 g/mol. The van der Waals surface area contributed by atoms with Crippen molar-refractivity contribution in [2.45, 2.75) is 6.92 Å². The molecule has 7 heavy (non-hydrogen) atoms. The molecule has 0 saturated heterocycles. The maximum atomic E-state index is 3.72. The van der Waals surface area contributed by atoms with E-state index < -0.39 is 0 Å². The van der Waals surface area contributed by atoms with Gasteiger partial charge in [-0.25, -0.2) is 0 Å². The molecule has 1 aromatic rings. The van der Waals surface area contributed by atoms with Crippen molar-refractivity contribution >= 4 is 11.5 Å². The number of hydrogen-bond donors (Lipinski definition) is 0. The molecule has 0 aliphatic rings. The van der Waals surface area contributed by atoms with Crippen molar-refractivity contribution in [3.8, 4) is 0 Å². The Bertz CT molecular complexity index is 142. The average Bonchev–Trinajstić information content (AvgIpc) is 1.91. The SMILES string of the molecule is [CH2]c1snnc1C. The Morgan fingerprint density at radius 2 is 2.43 bits per heavy atom. The fourth-order valence-corrected chi connectivity index (χ4v) is 0.688. The van der Waals surface area contributed by atoms with Gasteiger partial charge in [0.05, 0.1) is 5.69 Å². The minimum atomic E-state index is 0.935. The zero-order valence-corrected chi connectivity index (χ0v) is 4.83. The van der Waals surface area contributed by atoms with Crippen LogP contribution in [0.5, 0.6) is 0 Å². The molecule has 1 rings (SSSR count). The topological polar surface area (TPSA) is 25.8 Å². The first kappa shape index (κ1) is 4.71. The molecule has 1 aromatic heterocycles. The minimum Gasteiger partial charge on any atom is -0.143 e. The highest BCUT2D eigenvalue weighted by Crippen LogP contribution is 2.04. The highest BCUT2D eigenvalue weighted by Gasteiger charge is 1.91. The Hall–Kier alpha value is -0.440. The molecular weight excluding hydrogens is 108 g/mol. The summed E-state index contributed by atoms with van der Waals surface area (Å²) in [6, 6.07) is 0. The van der Waals surface area contributed by atoms with Gasteiger partial charge in [-0.3, -0.25) is 0 Å². The molecule has 0 N–H and O–H groups in total. The number of aryl methyl sites for hydroxylation is 1. The monoisotopic (exact) mass is 113 g/mol. The lowest BCUT2D eigenvalue weighted by Crippen LogP contribution is -1.70. The molecule has 0 aromatic carbocycles. The zero-order chi connectivity index (χ0) is 5.28. The van der Waals surface area contributed by atoms with Crippen molar-refractivity contribution < 1.29 is 0 Å². The summed E-state index contributed by atoms with van der Waals surface area (Å²) in [5, 5.41) is 3.72. The van der Waals surface area contributed by atoms with E-state index in [-0.39, 0.29) is 0 Å². The fourth-order valence-electron chi connectivity index (χ4n) is 0.253. The van der Waals surface area contributed by atoms with E-state index in [4.69, 9.17) is 0 Å². The van der Waals surface area contributed by atoms with Crippen LogP contribution in [0.1, 0.15) is 10.6 Å². The van der Waals surface area contributed by atoms with Crippen molar-refractivity contribution in [3.05, 3.63) is 17.5 Å². The van der Waals surface area contributed by atoms with Crippen molar-refractivity contribution in [2.75, 3.05) is 0 Å². The van der Waals surface area contributed by atoms with Crippen LogP contribution in [-0.4, -0.2) is 9.59 Å². The van der Waals surface area contributed by atoms with Gasteiger partial charge in [0.1, 0.15) is 0 Å². The van der Waals surface area contributed by atoms with Crippen LogP contribution in [0, 0.1) is 13.8 Å². The van der Waals surface area contributed by atoms with Crippen molar-refractivity contribution in [2.24, 2.45) is 0 Å². The number of aromatic nitrogens is 2. The van der Waals surface area contributed by atoms with Crippen LogP contribution in [0.15, 0.2) is 0 Å². The van der Waals surface area contributed by atoms with Gasteiger partial charge in [0.2, 0.25) is 0 Å². The predicted octanol–water partition coefficient (Wildman–Crippen LogP) is 1.03. The molecule has 0 amide bonds. The summed E-state index contributed by atoms with van der Waals surface area (Å²) in [6.07, 6.45) is 0. The lowest BCUT2D eigenvalue weighted by Gasteiger charge is -1.74.